The molecule has 6 nitrogen and oxygen atoms in total. The van der Waals surface area contributed by atoms with Crippen LogP contribution >= 0.6 is 0 Å². The van der Waals surface area contributed by atoms with Gasteiger partial charge in [0, 0.05) is 32.7 Å². The number of carbonyl (C=O) groups excluding carboxylic acids is 1. The van der Waals surface area contributed by atoms with Crippen LogP contribution in [-0.2, 0) is 4.79 Å². The van der Waals surface area contributed by atoms with E-state index in [4.69, 9.17) is 9.84 Å². The Morgan fingerprint density at radius 2 is 1.82 bits per heavy atom. The zero-order chi connectivity index (χ0) is 15.6. The van der Waals surface area contributed by atoms with E-state index in [-0.39, 0.29) is 12.5 Å². The molecule has 0 bridgehead atoms. The Hall–Kier alpha value is -1.63. The van der Waals surface area contributed by atoms with Gasteiger partial charge in [0.2, 0.25) is 5.91 Å². The lowest BCUT2D eigenvalue weighted by atomic mass is 10.3. The van der Waals surface area contributed by atoms with Crippen LogP contribution in [0.1, 0.15) is 6.42 Å². The van der Waals surface area contributed by atoms with E-state index in [9.17, 15) is 4.79 Å². The summed E-state index contributed by atoms with van der Waals surface area (Å²) in [5.74, 6) is 0.795. The van der Waals surface area contributed by atoms with Crippen LogP contribution in [0, 0.1) is 0 Å². The number of aliphatic hydroxyl groups is 1. The molecular formula is C16H25N3O3. The van der Waals surface area contributed by atoms with Crippen molar-refractivity contribution in [1.82, 2.24) is 15.1 Å². The largest absolute Gasteiger partial charge is 0.493 e. The third kappa shape index (κ3) is 6.01. The summed E-state index contributed by atoms with van der Waals surface area (Å²) in [7, 11) is 0. The Kier molecular flexibility index (Phi) is 7.15. The molecule has 1 aliphatic heterocycles. The maximum Gasteiger partial charge on any atom is 0.224 e. The predicted molar refractivity (Wildman–Crippen MR) is 84.7 cm³/mol. The molecule has 0 aliphatic carbocycles. The van der Waals surface area contributed by atoms with E-state index in [1.807, 2.05) is 30.3 Å². The molecule has 2 N–H and O–H groups in total. The lowest BCUT2D eigenvalue weighted by Gasteiger charge is -2.34. The molecule has 22 heavy (non-hydrogen) atoms. The van der Waals surface area contributed by atoms with Crippen molar-refractivity contribution in [2.45, 2.75) is 6.42 Å². The van der Waals surface area contributed by atoms with E-state index >= 15 is 0 Å². The van der Waals surface area contributed by atoms with Gasteiger partial charge in [-0.15, -0.1) is 0 Å². The zero-order valence-electron chi connectivity index (χ0n) is 12.9. The van der Waals surface area contributed by atoms with Gasteiger partial charge in [0.05, 0.1) is 26.3 Å². The average molecular weight is 307 g/mol. The Balaban J connectivity index is 1.54. The zero-order valence-corrected chi connectivity index (χ0v) is 12.9. The summed E-state index contributed by atoms with van der Waals surface area (Å²) in [6.07, 6.45) is 0.360. The van der Waals surface area contributed by atoms with E-state index < -0.39 is 0 Å². The number of carbonyl (C=O) groups is 1. The molecule has 1 aromatic rings. The number of ether oxygens (including phenoxy) is 1. The van der Waals surface area contributed by atoms with E-state index in [0.717, 1.165) is 38.5 Å². The van der Waals surface area contributed by atoms with Crippen LogP contribution in [0.25, 0.3) is 0 Å². The molecule has 1 fully saturated rings. The molecule has 0 radical (unpaired) electrons. The molecule has 0 unspecified atom stereocenters. The van der Waals surface area contributed by atoms with E-state index in [2.05, 4.69) is 15.1 Å². The molecule has 0 aromatic heterocycles. The molecule has 1 aliphatic rings. The number of aliphatic hydroxyl groups excluding tert-OH is 1. The van der Waals surface area contributed by atoms with E-state index in [1.165, 1.54) is 0 Å². The number of para-hydroxylation sites is 1. The number of benzene rings is 1. The first kappa shape index (κ1) is 16.7. The maximum absolute atomic E-state index is 11.8. The first-order valence-electron chi connectivity index (χ1n) is 7.78. The molecule has 0 atom stereocenters. The Morgan fingerprint density at radius 1 is 1.14 bits per heavy atom. The second kappa shape index (κ2) is 9.40. The number of hydrogen-bond donors (Lipinski definition) is 2. The lowest BCUT2D eigenvalue weighted by molar-refractivity contribution is -0.122. The number of rotatable bonds is 8. The SMILES string of the molecule is O=C(CCOc1ccccc1)NCN1CCN(CCO)CC1. The second-order valence-corrected chi connectivity index (χ2v) is 5.35. The molecule has 1 amide bonds. The highest BCUT2D eigenvalue weighted by atomic mass is 16.5. The summed E-state index contributed by atoms with van der Waals surface area (Å²) in [4.78, 5) is 16.2. The minimum absolute atomic E-state index is 0.00807. The highest BCUT2D eigenvalue weighted by Crippen LogP contribution is 2.08. The summed E-state index contributed by atoms with van der Waals surface area (Å²) in [6.45, 7) is 5.62. The number of nitrogens with one attached hydrogen (secondary N) is 1. The van der Waals surface area contributed by atoms with Gasteiger partial charge < -0.3 is 15.2 Å². The molecule has 2 rings (SSSR count). The highest BCUT2D eigenvalue weighted by Gasteiger charge is 2.16. The molecule has 122 valence electrons. The van der Waals surface area contributed by atoms with Crippen LogP contribution in [0.15, 0.2) is 30.3 Å². The minimum atomic E-state index is 0.00807. The topological polar surface area (TPSA) is 65.0 Å². The van der Waals surface area contributed by atoms with E-state index in [1.54, 1.807) is 0 Å². The molecule has 0 saturated carbocycles. The average Bonchev–Trinajstić information content (AvgIpc) is 2.55. The molecular weight excluding hydrogens is 282 g/mol. The number of nitrogens with zero attached hydrogens (tertiary/aromatic N) is 2. The van der Waals surface area contributed by atoms with Crippen molar-refractivity contribution in [2.75, 3.05) is 52.6 Å². The summed E-state index contributed by atoms with van der Waals surface area (Å²) < 4.78 is 5.50. The minimum Gasteiger partial charge on any atom is -0.493 e. The fraction of sp³-hybridized carbons (Fsp3) is 0.562. The van der Waals surface area contributed by atoms with Crippen LogP contribution in [0.4, 0.5) is 0 Å². The van der Waals surface area contributed by atoms with Gasteiger partial charge in [-0.3, -0.25) is 14.6 Å². The maximum atomic E-state index is 11.8. The highest BCUT2D eigenvalue weighted by molar-refractivity contribution is 5.75. The number of hydrogen-bond acceptors (Lipinski definition) is 5. The predicted octanol–water partition coefficient (Wildman–Crippen LogP) is 0.139. The van der Waals surface area contributed by atoms with Crippen LogP contribution in [0.3, 0.4) is 0 Å². The summed E-state index contributed by atoms with van der Waals surface area (Å²) in [5.41, 5.74) is 0. The van der Waals surface area contributed by atoms with Gasteiger partial charge in [-0.2, -0.15) is 0 Å². The van der Waals surface area contributed by atoms with Crippen LogP contribution in [0.5, 0.6) is 5.75 Å². The first-order chi connectivity index (χ1) is 10.8. The third-order valence-electron chi connectivity index (χ3n) is 3.72. The Labute approximate surface area is 131 Å². The quantitative estimate of drug-likeness (QED) is 0.715. The smallest absolute Gasteiger partial charge is 0.224 e. The number of amides is 1. The summed E-state index contributed by atoms with van der Waals surface area (Å²) >= 11 is 0. The summed E-state index contributed by atoms with van der Waals surface area (Å²) in [5, 5.41) is 11.8. The monoisotopic (exact) mass is 307 g/mol. The van der Waals surface area contributed by atoms with Crippen LogP contribution in [0.2, 0.25) is 0 Å². The van der Waals surface area contributed by atoms with Crippen molar-refractivity contribution in [3.63, 3.8) is 0 Å². The number of piperazine rings is 1. The van der Waals surface area contributed by atoms with Crippen molar-refractivity contribution < 1.29 is 14.6 Å². The van der Waals surface area contributed by atoms with Gasteiger partial charge in [0.1, 0.15) is 5.75 Å². The molecule has 1 aromatic carbocycles. The fourth-order valence-electron chi connectivity index (χ4n) is 2.38. The van der Waals surface area contributed by atoms with Crippen LogP contribution in [-0.4, -0.2) is 73.4 Å². The second-order valence-electron chi connectivity index (χ2n) is 5.35. The Bertz CT molecular complexity index is 434. The number of β-amino-alcohol motifs (C(OH)–C–C–N with tert-alkyl or cyclic N) is 1. The van der Waals surface area contributed by atoms with Gasteiger partial charge in [-0.05, 0) is 12.1 Å². The normalized spacial score (nSPS) is 16.4. The van der Waals surface area contributed by atoms with Gasteiger partial charge in [-0.1, -0.05) is 18.2 Å². The van der Waals surface area contributed by atoms with Gasteiger partial charge in [0.25, 0.3) is 0 Å². The lowest BCUT2D eigenvalue weighted by Crippen LogP contribution is -2.50. The molecule has 1 heterocycles. The molecule has 0 spiro atoms. The summed E-state index contributed by atoms with van der Waals surface area (Å²) in [6, 6.07) is 9.51. The fourth-order valence-corrected chi connectivity index (χ4v) is 2.38. The van der Waals surface area contributed by atoms with E-state index in [0.29, 0.717) is 19.7 Å². The first-order valence-corrected chi connectivity index (χ1v) is 7.78. The van der Waals surface area contributed by atoms with Crippen molar-refractivity contribution in [3.8, 4) is 5.75 Å². The third-order valence-corrected chi connectivity index (χ3v) is 3.72. The van der Waals surface area contributed by atoms with Gasteiger partial charge in [-0.25, -0.2) is 0 Å². The van der Waals surface area contributed by atoms with Crippen molar-refractivity contribution in [1.29, 1.82) is 0 Å². The standard InChI is InChI=1S/C16H25N3O3/c20-12-11-18-7-9-19(10-8-18)14-17-16(21)6-13-22-15-4-2-1-3-5-15/h1-5,20H,6-14H2,(H,17,21). The molecule has 1 saturated heterocycles. The van der Waals surface area contributed by atoms with Gasteiger partial charge in [0.15, 0.2) is 0 Å². The Morgan fingerprint density at radius 3 is 2.50 bits per heavy atom. The molecule has 6 heteroatoms. The van der Waals surface area contributed by atoms with Crippen LogP contribution < -0.4 is 10.1 Å². The van der Waals surface area contributed by atoms with Crippen molar-refractivity contribution in [3.05, 3.63) is 30.3 Å². The van der Waals surface area contributed by atoms with Gasteiger partial charge >= 0.3 is 0 Å². The van der Waals surface area contributed by atoms with Crippen molar-refractivity contribution in [2.24, 2.45) is 0 Å². The van der Waals surface area contributed by atoms with Crippen molar-refractivity contribution >= 4 is 5.91 Å².